The molecule has 1 aromatic rings. The molecule has 31 heavy (non-hydrogen) atoms. The van der Waals surface area contributed by atoms with Crippen LogP contribution in [0.15, 0.2) is 23.4 Å². The average Bonchev–Trinajstić information content (AvgIpc) is 3.02. The lowest BCUT2D eigenvalue weighted by Gasteiger charge is -2.28. The van der Waals surface area contributed by atoms with Crippen LogP contribution < -0.4 is 10.6 Å². The predicted octanol–water partition coefficient (Wildman–Crippen LogP) is 3.04. The van der Waals surface area contributed by atoms with Gasteiger partial charge in [0.05, 0.1) is 23.5 Å². The molecule has 2 N–H and O–H groups in total. The molecule has 0 bridgehead atoms. The lowest BCUT2D eigenvalue weighted by molar-refractivity contribution is -0.149. The van der Waals surface area contributed by atoms with Crippen LogP contribution in [0.2, 0.25) is 0 Å². The summed E-state index contributed by atoms with van der Waals surface area (Å²) in [5.74, 6) is -2.48. The van der Waals surface area contributed by atoms with Crippen molar-refractivity contribution in [1.82, 2.24) is 25.3 Å². The number of ether oxygens (including phenoxy) is 1. The van der Waals surface area contributed by atoms with Gasteiger partial charge in [0, 0.05) is 25.2 Å². The molecule has 2 aliphatic rings. The minimum Gasteiger partial charge on any atom is -0.366 e. The molecule has 2 heterocycles. The third-order valence-electron chi connectivity index (χ3n) is 5.15. The molecule has 1 aliphatic heterocycles. The fourth-order valence-corrected chi connectivity index (χ4v) is 3.38. The number of carbonyl (C=O) groups is 1. The van der Waals surface area contributed by atoms with Gasteiger partial charge in [0.15, 0.2) is 5.83 Å². The summed E-state index contributed by atoms with van der Waals surface area (Å²) in [6.07, 6.45) is -3.10. The van der Waals surface area contributed by atoms with Crippen LogP contribution in [-0.2, 0) is 17.8 Å². The summed E-state index contributed by atoms with van der Waals surface area (Å²) in [5.41, 5.74) is 1.54. The normalized spacial score (nSPS) is 18.5. The van der Waals surface area contributed by atoms with E-state index in [0.29, 0.717) is 36.6 Å². The van der Waals surface area contributed by atoms with E-state index in [-0.39, 0.29) is 32.0 Å². The quantitative estimate of drug-likeness (QED) is 0.381. The van der Waals surface area contributed by atoms with Crippen molar-refractivity contribution < 1.29 is 31.5 Å². The van der Waals surface area contributed by atoms with Gasteiger partial charge in [0.25, 0.3) is 5.91 Å². The Morgan fingerprint density at radius 3 is 2.71 bits per heavy atom. The Morgan fingerprint density at radius 1 is 1.29 bits per heavy atom. The van der Waals surface area contributed by atoms with Gasteiger partial charge < -0.3 is 15.4 Å². The zero-order valence-electron chi connectivity index (χ0n) is 17.2. The van der Waals surface area contributed by atoms with Crippen LogP contribution in [0.4, 0.5) is 22.0 Å². The number of aryl methyl sites for hydroxylation is 1. The predicted molar refractivity (Wildman–Crippen MR) is 101 cm³/mol. The molecule has 0 fully saturated rings. The second-order valence-corrected chi connectivity index (χ2v) is 7.50. The number of hydrogen-bond acceptors (Lipinski definition) is 5. The van der Waals surface area contributed by atoms with E-state index < -0.39 is 29.8 Å². The molecule has 1 aromatic heterocycles. The SMILES string of the molecule is Cc1nn2c(c1C(=O)N[C@H](C)C(F)(F)F)CN(COCNC1=CC(F)=C(F)CC1)CC2. The molecule has 3 rings (SSSR count). The monoisotopic (exact) mass is 449 g/mol. The third kappa shape index (κ3) is 5.62. The summed E-state index contributed by atoms with van der Waals surface area (Å²) >= 11 is 0. The van der Waals surface area contributed by atoms with E-state index in [9.17, 15) is 26.7 Å². The fourth-order valence-electron chi connectivity index (χ4n) is 3.38. The Labute approximate surface area is 175 Å². The molecule has 0 aromatic carbocycles. The minimum atomic E-state index is -4.54. The number of amides is 1. The van der Waals surface area contributed by atoms with Gasteiger partial charge in [-0.05, 0) is 26.3 Å². The van der Waals surface area contributed by atoms with Crippen LogP contribution >= 0.6 is 0 Å². The summed E-state index contributed by atoms with van der Waals surface area (Å²) in [5, 5.41) is 9.13. The van der Waals surface area contributed by atoms with Crippen molar-refractivity contribution in [2.24, 2.45) is 0 Å². The van der Waals surface area contributed by atoms with E-state index in [2.05, 4.69) is 10.4 Å². The Morgan fingerprint density at radius 2 is 2.03 bits per heavy atom. The van der Waals surface area contributed by atoms with Crippen LogP contribution in [0.3, 0.4) is 0 Å². The van der Waals surface area contributed by atoms with Gasteiger partial charge in [-0.2, -0.15) is 18.3 Å². The van der Waals surface area contributed by atoms with E-state index in [1.54, 1.807) is 11.6 Å². The minimum absolute atomic E-state index is 0.00205. The third-order valence-corrected chi connectivity index (χ3v) is 5.15. The fraction of sp³-hybridized carbons (Fsp3) is 0.579. The molecule has 0 saturated heterocycles. The number of alkyl halides is 3. The maximum Gasteiger partial charge on any atom is 0.408 e. The summed E-state index contributed by atoms with van der Waals surface area (Å²) < 4.78 is 71.8. The molecular weight excluding hydrogens is 425 g/mol. The number of carbonyl (C=O) groups excluding carboxylic acids is 1. The summed E-state index contributed by atoms with van der Waals surface area (Å²) in [4.78, 5) is 14.3. The number of nitrogens with one attached hydrogen (secondary N) is 2. The van der Waals surface area contributed by atoms with Crippen molar-refractivity contribution in [2.75, 3.05) is 20.0 Å². The van der Waals surface area contributed by atoms with Gasteiger partial charge in [-0.15, -0.1) is 0 Å². The van der Waals surface area contributed by atoms with Gasteiger partial charge in [0.1, 0.15) is 25.3 Å². The van der Waals surface area contributed by atoms with E-state index in [1.165, 1.54) is 0 Å². The Hall–Kier alpha value is -2.47. The first-order valence-electron chi connectivity index (χ1n) is 9.78. The summed E-state index contributed by atoms with van der Waals surface area (Å²) in [7, 11) is 0. The topological polar surface area (TPSA) is 71.4 Å². The standard InChI is InChI=1S/C19H24F5N5O2/c1-11-17(18(30)26-12(2)19(22,23)24)16-8-28(5-6-29(16)27-11)10-31-9-25-13-3-4-14(20)15(21)7-13/h7,12,25H,3-6,8-10H2,1-2H3,(H,26,30)/t12-/m1/s1. The van der Waals surface area contributed by atoms with Crippen LogP contribution in [-0.4, -0.2) is 52.8 Å². The summed E-state index contributed by atoms with van der Waals surface area (Å²) in [6, 6.07) is -1.98. The van der Waals surface area contributed by atoms with Crippen LogP contribution in [0.25, 0.3) is 0 Å². The van der Waals surface area contributed by atoms with Crippen molar-refractivity contribution in [1.29, 1.82) is 0 Å². The maximum absolute atomic E-state index is 13.3. The highest BCUT2D eigenvalue weighted by Crippen LogP contribution is 2.25. The van der Waals surface area contributed by atoms with E-state index >= 15 is 0 Å². The van der Waals surface area contributed by atoms with Gasteiger partial charge in [-0.3, -0.25) is 14.4 Å². The van der Waals surface area contributed by atoms with Crippen LogP contribution in [0, 0.1) is 6.92 Å². The van der Waals surface area contributed by atoms with Crippen molar-refractivity contribution in [2.45, 2.75) is 52.0 Å². The van der Waals surface area contributed by atoms with Crippen LogP contribution in [0.5, 0.6) is 0 Å². The molecule has 0 saturated carbocycles. The van der Waals surface area contributed by atoms with Crippen molar-refractivity contribution in [3.63, 3.8) is 0 Å². The zero-order chi connectivity index (χ0) is 22.8. The number of hydrogen-bond donors (Lipinski definition) is 2. The molecule has 0 unspecified atom stereocenters. The first-order chi connectivity index (χ1) is 14.6. The average molecular weight is 449 g/mol. The Bertz CT molecular complexity index is 893. The lowest BCUT2D eigenvalue weighted by atomic mass is 10.1. The Kier molecular flexibility index (Phi) is 6.99. The second-order valence-electron chi connectivity index (χ2n) is 7.50. The molecule has 1 aliphatic carbocycles. The second kappa shape index (κ2) is 9.35. The van der Waals surface area contributed by atoms with E-state index in [4.69, 9.17) is 4.74 Å². The number of allylic oxidation sites excluding steroid dienone is 4. The van der Waals surface area contributed by atoms with Gasteiger partial charge in [0.2, 0.25) is 0 Å². The first-order valence-corrected chi connectivity index (χ1v) is 9.78. The Balaban J connectivity index is 1.55. The molecule has 172 valence electrons. The number of halogens is 5. The number of nitrogens with zero attached hydrogens (tertiary/aromatic N) is 3. The number of rotatable bonds is 7. The van der Waals surface area contributed by atoms with Crippen molar-refractivity contribution in [3.05, 3.63) is 40.4 Å². The smallest absolute Gasteiger partial charge is 0.366 e. The van der Waals surface area contributed by atoms with Gasteiger partial charge in [-0.1, -0.05) is 0 Å². The molecule has 7 nitrogen and oxygen atoms in total. The highest BCUT2D eigenvalue weighted by molar-refractivity contribution is 5.96. The van der Waals surface area contributed by atoms with Crippen LogP contribution in [0.1, 0.15) is 41.5 Å². The maximum atomic E-state index is 13.3. The van der Waals surface area contributed by atoms with Gasteiger partial charge >= 0.3 is 6.18 Å². The molecule has 1 amide bonds. The lowest BCUT2D eigenvalue weighted by Crippen LogP contribution is -2.44. The van der Waals surface area contributed by atoms with E-state index in [0.717, 1.165) is 13.0 Å². The number of fused-ring (bicyclic) bond motifs is 1. The van der Waals surface area contributed by atoms with Crippen molar-refractivity contribution in [3.8, 4) is 0 Å². The van der Waals surface area contributed by atoms with E-state index in [1.807, 2.05) is 10.2 Å². The molecule has 0 spiro atoms. The zero-order valence-corrected chi connectivity index (χ0v) is 17.2. The molecule has 0 radical (unpaired) electrons. The molecule has 12 heteroatoms. The highest BCUT2D eigenvalue weighted by Gasteiger charge is 2.38. The molecule has 1 atom stereocenters. The van der Waals surface area contributed by atoms with Gasteiger partial charge in [-0.25, -0.2) is 8.78 Å². The summed E-state index contributed by atoms with van der Waals surface area (Å²) in [6.45, 7) is 4.01. The first kappa shape index (κ1) is 23.2. The highest BCUT2D eigenvalue weighted by atomic mass is 19.4. The van der Waals surface area contributed by atoms with Crippen molar-refractivity contribution >= 4 is 5.91 Å². The number of aromatic nitrogens is 2. The largest absolute Gasteiger partial charge is 0.408 e. The molecular formula is C19H24F5N5O2.